The molecule has 2 rings (SSSR count). The highest BCUT2D eigenvalue weighted by Gasteiger charge is 2.50. The molecule has 0 aromatic heterocycles. The number of nitrogens with two attached hydrogens (primary N) is 1. The topological polar surface area (TPSA) is 189 Å². The van der Waals surface area contributed by atoms with E-state index in [0.29, 0.717) is 0 Å². The fourth-order valence-electron chi connectivity index (χ4n) is 3.53. The summed E-state index contributed by atoms with van der Waals surface area (Å²) in [6.07, 6.45) is -4.39. The first-order valence-electron chi connectivity index (χ1n) is 10.2. The summed E-state index contributed by atoms with van der Waals surface area (Å²) in [5.41, 5.74) is 6.69. The lowest BCUT2D eigenvalue weighted by atomic mass is 9.84. The Kier molecular flexibility index (Phi) is 9.10. The number of aliphatic hydroxyl groups is 3. The Morgan fingerprint density at radius 3 is 2.56 bits per heavy atom. The number of amides is 1. The Balaban J connectivity index is 1.95. The average Bonchev–Trinajstić information content (AvgIpc) is 2.71. The molecular weight excluding hydrogens is 424 g/mol. The van der Waals surface area contributed by atoms with E-state index in [4.69, 9.17) is 15.2 Å². The monoisotopic (exact) mass is 454 g/mol. The molecule has 5 unspecified atom stereocenters. The minimum Gasteiger partial charge on any atom is -0.477 e. The summed E-state index contributed by atoms with van der Waals surface area (Å²) in [5.74, 6) is -6.24. The molecule has 0 spiro atoms. The van der Waals surface area contributed by atoms with E-state index >= 15 is 0 Å². The first kappa shape index (κ1) is 25.7. The smallest absolute Gasteiger partial charge is 0.364 e. The van der Waals surface area contributed by atoms with Gasteiger partial charge in [0.25, 0.3) is 5.79 Å². The molecular formula is C21H30N2O9. The molecule has 7 N–H and O–H groups in total. The van der Waals surface area contributed by atoms with Crippen LogP contribution in [0.25, 0.3) is 0 Å². The van der Waals surface area contributed by atoms with Crippen molar-refractivity contribution in [2.24, 2.45) is 11.7 Å². The number of hydrogen-bond acceptors (Lipinski definition) is 9. The molecule has 1 aromatic carbocycles. The number of aliphatic hydroxyl groups excluding tert-OH is 2. The van der Waals surface area contributed by atoms with Gasteiger partial charge in [0, 0.05) is 32.2 Å². The molecule has 0 aliphatic carbocycles. The predicted octanol–water partition coefficient (Wildman–Crippen LogP) is -1.47. The maximum Gasteiger partial charge on any atom is 0.364 e. The normalized spacial score (nSPS) is 27.2. The van der Waals surface area contributed by atoms with Gasteiger partial charge in [0.1, 0.15) is 12.6 Å². The second kappa shape index (κ2) is 11.3. The zero-order valence-corrected chi connectivity index (χ0v) is 17.7. The molecule has 0 saturated carbocycles. The van der Waals surface area contributed by atoms with Gasteiger partial charge in [0.05, 0.1) is 18.3 Å². The zero-order valence-electron chi connectivity index (χ0n) is 17.7. The summed E-state index contributed by atoms with van der Waals surface area (Å²) in [6, 6.07) is 8.14. The Hall–Kier alpha value is -2.57. The van der Waals surface area contributed by atoms with Crippen LogP contribution in [0.5, 0.6) is 0 Å². The molecule has 11 nitrogen and oxygen atoms in total. The van der Waals surface area contributed by atoms with Gasteiger partial charge in [-0.3, -0.25) is 9.59 Å². The number of ether oxygens (including phenoxy) is 2. The van der Waals surface area contributed by atoms with Crippen LogP contribution < -0.4 is 11.1 Å². The molecule has 178 valence electrons. The summed E-state index contributed by atoms with van der Waals surface area (Å²) in [4.78, 5) is 34.7. The van der Waals surface area contributed by atoms with Crippen LogP contribution in [0.4, 0.5) is 0 Å². The van der Waals surface area contributed by atoms with E-state index < -0.39 is 61.0 Å². The highest BCUT2D eigenvalue weighted by molar-refractivity contribution is 5.76. The molecule has 0 bridgehead atoms. The molecule has 1 saturated heterocycles. The molecule has 1 amide bonds. The maximum atomic E-state index is 12.1. The molecule has 1 aliphatic rings. The largest absolute Gasteiger partial charge is 0.477 e. The van der Waals surface area contributed by atoms with Gasteiger partial charge in [-0.05, 0) is 12.0 Å². The van der Waals surface area contributed by atoms with E-state index in [9.17, 15) is 34.8 Å². The van der Waals surface area contributed by atoms with E-state index in [1.54, 1.807) is 0 Å². The van der Waals surface area contributed by atoms with Crippen molar-refractivity contribution >= 4 is 17.8 Å². The van der Waals surface area contributed by atoms with Gasteiger partial charge in [0.15, 0.2) is 0 Å². The number of aliphatic carboxylic acids is 1. The van der Waals surface area contributed by atoms with Crippen LogP contribution >= 0.6 is 0 Å². The fourth-order valence-corrected chi connectivity index (χ4v) is 3.53. The number of hydrogen-bond donors (Lipinski definition) is 6. The molecule has 1 heterocycles. The van der Waals surface area contributed by atoms with Gasteiger partial charge in [0.2, 0.25) is 5.91 Å². The molecule has 6 atom stereocenters. The van der Waals surface area contributed by atoms with Crippen molar-refractivity contribution in [3.63, 3.8) is 0 Å². The van der Waals surface area contributed by atoms with Gasteiger partial charge in [-0.2, -0.15) is 0 Å². The zero-order chi connectivity index (χ0) is 23.9. The number of carbonyl (C=O) groups is 3. The van der Waals surface area contributed by atoms with Gasteiger partial charge < -0.3 is 41.0 Å². The third-order valence-electron chi connectivity index (χ3n) is 5.25. The second-order valence-corrected chi connectivity index (χ2v) is 7.93. The summed E-state index contributed by atoms with van der Waals surface area (Å²) < 4.78 is 10.3. The second-order valence-electron chi connectivity index (χ2n) is 7.93. The third-order valence-corrected chi connectivity index (χ3v) is 5.25. The molecule has 11 heteroatoms. The summed E-state index contributed by atoms with van der Waals surface area (Å²) in [6.45, 7) is 0.757. The van der Waals surface area contributed by atoms with Crippen LogP contribution in [0.1, 0.15) is 25.3 Å². The van der Waals surface area contributed by atoms with Crippen LogP contribution in [-0.4, -0.2) is 81.6 Å². The van der Waals surface area contributed by atoms with Crippen LogP contribution in [0.15, 0.2) is 30.3 Å². The van der Waals surface area contributed by atoms with Gasteiger partial charge >= 0.3 is 11.9 Å². The van der Waals surface area contributed by atoms with Gasteiger partial charge in [-0.15, -0.1) is 0 Å². The Morgan fingerprint density at radius 1 is 1.31 bits per heavy atom. The first-order chi connectivity index (χ1) is 15.0. The Labute approximate surface area is 185 Å². The predicted molar refractivity (Wildman–Crippen MR) is 110 cm³/mol. The van der Waals surface area contributed by atoms with Crippen LogP contribution in [0, 0.1) is 5.92 Å². The van der Waals surface area contributed by atoms with Gasteiger partial charge in [-0.1, -0.05) is 30.3 Å². The lowest BCUT2D eigenvalue weighted by Gasteiger charge is -2.43. The molecule has 32 heavy (non-hydrogen) atoms. The van der Waals surface area contributed by atoms with E-state index in [1.807, 2.05) is 30.3 Å². The SMILES string of the molecule is CC(=O)NCC1C(O)CC(O)(C(=O)O)OC1C[C@H](O)COC(=O)C(N)Cc1ccccc1. The number of rotatable bonds is 10. The maximum absolute atomic E-state index is 12.1. The first-order valence-corrected chi connectivity index (χ1v) is 10.2. The van der Waals surface area contributed by atoms with E-state index in [0.717, 1.165) is 5.56 Å². The van der Waals surface area contributed by atoms with Crippen LogP contribution in [-0.2, 0) is 30.3 Å². The van der Waals surface area contributed by atoms with E-state index in [2.05, 4.69) is 5.32 Å². The number of nitrogens with one attached hydrogen (secondary N) is 1. The van der Waals surface area contributed by atoms with Gasteiger partial charge in [-0.25, -0.2) is 4.79 Å². The minimum atomic E-state index is -2.65. The summed E-state index contributed by atoms with van der Waals surface area (Å²) >= 11 is 0. The van der Waals surface area contributed by atoms with Crippen molar-refractivity contribution in [1.82, 2.24) is 5.32 Å². The molecule has 1 aliphatic heterocycles. The van der Waals surface area contributed by atoms with Crippen LogP contribution in [0.3, 0.4) is 0 Å². The van der Waals surface area contributed by atoms with Crippen molar-refractivity contribution < 1.29 is 44.3 Å². The minimum absolute atomic E-state index is 0.0642. The Bertz CT molecular complexity index is 791. The van der Waals surface area contributed by atoms with E-state index in [-0.39, 0.29) is 25.3 Å². The lowest BCUT2D eigenvalue weighted by molar-refractivity contribution is -0.287. The van der Waals surface area contributed by atoms with Crippen LogP contribution in [0.2, 0.25) is 0 Å². The van der Waals surface area contributed by atoms with Crippen molar-refractivity contribution in [3.8, 4) is 0 Å². The quantitative estimate of drug-likeness (QED) is 0.228. The van der Waals surface area contributed by atoms with Crippen molar-refractivity contribution in [2.45, 2.75) is 56.3 Å². The molecule has 1 aromatic rings. The highest BCUT2D eigenvalue weighted by atomic mass is 16.7. The average molecular weight is 454 g/mol. The fraction of sp³-hybridized carbons (Fsp3) is 0.571. The lowest BCUT2D eigenvalue weighted by Crippen LogP contribution is -2.58. The molecule has 0 radical (unpaired) electrons. The number of benzene rings is 1. The van der Waals surface area contributed by atoms with Crippen molar-refractivity contribution in [3.05, 3.63) is 35.9 Å². The third kappa shape index (κ3) is 7.24. The standard InChI is InChI=1S/C21H30N2O9/c1-12(24)23-10-15-17(26)9-21(30,20(28)29)32-18(15)8-14(25)11-31-19(27)16(22)7-13-5-3-2-4-6-13/h2-6,14-18,25-26,30H,7-11,22H2,1H3,(H,23,24)(H,28,29)/t14-,15?,16?,17?,18?,21?/m0/s1. The summed E-state index contributed by atoms with van der Waals surface area (Å²) in [5, 5.41) is 42.6. The van der Waals surface area contributed by atoms with Crippen molar-refractivity contribution in [2.75, 3.05) is 13.2 Å². The number of esters is 1. The number of carboxylic acids is 1. The Morgan fingerprint density at radius 2 is 1.97 bits per heavy atom. The van der Waals surface area contributed by atoms with E-state index in [1.165, 1.54) is 6.92 Å². The number of carbonyl (C=O) groups excluding carboxylic acids is 2. The number of carboxylic acid groups (broad SMARTS) is 1. The highest BCUT2D eigenvalue weighted by Crippen LogP contribution is 2.33. The summed E-state index contributed by atoms with van der Waals surface area (Å²) in [7, 11) is 0. The van der Waals surface area contributed by atoms with Crippen molar-refractivity contribution in [1.29, 1.82) is 0 Å². The molecule has 1 fully saturated rings.